The number of piperidine rings is 1. The molecule has 84 valence electrons. The fourth-order valence-corrected chi connectivity index (χ4v) is 2.39. The van der Waals surface area contributed by atoms with Crippen LogP contribution in [0, 0.1) is 5.92 Å². The lowest BCUT2D eigenvalue weighted by Crippen LogP contribution is -2.52. The Kier molecular flexibility index (Phi) is 4.39. The van der Waals surface area contributed by atoms with Gasteiger partial charge in [0.15, 0.2) is 0 Å². The average Bonchev–Trinajstić information content (AvgIpc) is 2.20. The van der Waals surface area contributed by atoms with Gasteiger partial charge in [-0.1, -0.05) is 20.3 Å². The average molecular weight is 199 g/mol. The van der Waals surface area contributed by atoms with Gasteiger partial charge in [0, 0.05) is 12.1 Å². The molecule has 1 heterocycles. The minimum Gasteiger partial charge on any atom is -0.392 e. The SMILES string of the molecule is CCC(C)C(C)N1CCCC(O)C1C. The zero-order valence-corrected chi connectivity index (χ0v) is 10.0. The van der Waals surface area contributed by atoms with Gasteiger partial charge in [0.2, 0.25) is 0 Å². The van der Waals surface area contributed by atoms with E-state index in [-0.39, 0.29) is 6.10 Å². The van der Waals surface area contributed by atoms with Gasteiger partial charge in [0.1, 0.15) is 0 Å². The molecule has 4 atom stereocenters. The molecular formula is C12H25NO. The minimum atomic E-state index is -0.116. The summed E-state index contributed by atoms with van der Waals surface area (Å²) in [6.07, 6.45) is 3.23. The monoisotopic (exact) mass is 199 g/mol. The van der Waals surface area contributed by atoms with Gasteiger partial charge in [-0.25, -0.2) is 0 Å². The lowest BCUT2D eigenvalue weighted by molar-refractivity contribution is -0.0119. The largest absolute Gasteiger partial charge is 0.392 e. The van der Waals surface area contributed by atoms with Gasteiger partial charge in [-0.3, -0.25) is 4.90 Å². The molecule has 1 aliphatic heterocycles. The van der Waals surface area contributed by atoms with Crippen molar-refractivity contribution in [3.63, 3.8) is 0 Å². The van der Waals surface area contributed by atoms with Crippen molar-refractivity contribution < 1.29 is 5.11 Å². The van der Waals surface area contributed by atoms with E-state index in [2.05, 4.69) is 32.6 Å². The van der Waals surface area contributed by atoms with Crippen LogP contribution in [-0.2, 0) is 0 Å². The highest BCUT2D eigenvalue weighted by molar-refractivity contribution is 4.85. The Balaban J connectivity index is 2.57. The van der Waals surface area contributed by atoms with Gasteiger partial charge in [0.05, 0.1) is 6.10 Å². The summed E-state index contributed by atoms with van der Waals surface area (Å²) in [4.78, 5) is 2.47. The van der Waals surface area contributed by atoms with Crippen LogP contribution < -0.4 is 0 Å². The van der Waals surface area contributed by atoms with Crippen molar-refractivity contribution in [3.05, 3.63) is 0 Å². The van der Waals surface area contributed by atoms with E-state index in [0.717, 1.165) is 25.3 Å². The van der Waals surface area contributed by atoms with Crippen LogP contribution >= 0.6 is 0 Å². The van der Waals surface area contributed by atoms with Crippen molar-refractivity contribution in [1.29, 1.82) is 0 Å². The Morgan fingerprint density at radius 2 is 2.07 bits per heavy atom. The van der Waals surface area contributed by atoms with Crippen LogP contribution in [0.4, 0.5) is 0 Å². The van der Waals surface area contributed by atoms with E-state index in [0.29, 0.717) is 12.1 Å². The van der Waals surface area contributed by atoms with Crippen LogP contribution in [0.25, 0.3) is 0 Å². The predicted octanol–water partition coefficient (Wildman–Crippen LogP) is 2.27. The molecule has 1 saturated heterocycles. The lowest BCUT2D eigenvalue weighted by atomic mass is 9.92. The molecule has 0 radical (unpaired) electrons. The maximum Gasteiger partial charge on any atom is 0.0693 e. The highest BCUT2D eigenvalue weighted by Gasteiger charge is 2.30. The van der Waals surface area contributed by atoms with Crippen molar-refractivity contribution in [2.75, 3.05) is 6.54 Å². The molecular weight excluding hydrogens is 174 g/mol. The van der Waals surface area contributed by atoms with Crippen LogP contribution in [0.5, 0.6) is 0 Å². The summed E-state index contributed by atoms with van der Waals surface area (Å²) in [6.45, 7) is 10.2. The Labute approximate surface area is 88.3 Å². The number of rotatable bonds is 3. The van der Waals surface area contributed by atoms with Gasteiger partial charge in [0.25, 0.3) is 0 Å². The number of nitrogens with zero attached hydrogens (tertiary/aromatic N) is 1. The summed E-state index contributed by atoms with van der Waals surface area (Å²) in [6, 6.07) is 0.942. The second kappa shape index (κ2) is 5.13. The summed E-state index contributed by atoms with van der Waals surface area (Å²) < 4.78 is 0. The molecule has 0 aromatic heterocycles. The highest BCUT2D eigenvalue weighted by atomic mass is 16.3. The zero-order valence-electron chi connectivity index (χ0n) is 10.0. The Hall–Kier alpha value is -0.0800. The van der Waals surface area contributed by atoms with Crippen molar-refractivity contribution >= 4 is 0 Å². The number of hydrogen-bond donors (Lipinski definition) is 1. The molecule has 0 spiro atoms. The number of hydrogen-bond acceptors (Lipinski definition) is 2. The summed E-state index contributed by atoms with van der Waals surface area (Å²) in [7, 11) is 0. The molecule has 0 aromatic rings. The van der Waals surface area contributed by atoms with Gasteiger partial charge in [-0.15, -0.1) is 0 Å². The molecule has 1 N–H and O–H groups in total. The van der Waals surface area contributed by atoms with Crippen molar-refractivity contribution in [2.24, 2.45) is 5.92 Å². The van der Waals surface area contributed by atoms with Crippen LogP contribution in [0.3, 0.4) is 0 Å². The van der Waals surface area contributed by atoms with Gasteiger partial charge in [-0.05, 0) is 39.2 Å². The van der Waals surface area contributed by atoms with E-state index in [1.165, 1.54) is 6.42 Å². The first-order valence-corrected chi connectivity index (χ1v) is 6.01. The molecule has 14 heavy (non-hydrogen) atoms. The van der Waals surface area contributed by atoms with E-state index in [9.17, 15) is 5.11 Å². The van der Waals surface area contributed by atoms with Crippen LogP contribution in [0.15, 0.2) is 0 Å². The van der Waals surface area contributed by atoms with Gasteiger partial charge in [-0.2, -0.15) is 0 Å². The first-order chi connectivity index (χ1) is 6.57. The molecule has 1 fully saturated rings. The maximum absolute atomic E-state index is 9.81. The van der Waals surface area contributed by atoms with E-state index >= 15 is 0 Å². The molecule has 0 bridgehead atoms. The van der Waals surface area contributed by atoms with Crippen LogP contribution in [-0.4, -0.2) is 34.7 Å². The third-order valence-corrected chi connectivity index (χ3v) is 3.99. The zero-order chi connectivity index (χ0) is 10.7. The highest BCUT2D eigenvalue weighted by Crippen LogP contribution is 2.24. The molecule has 0 aromatic carbocycles. The number of aliphatic hydroxyl groups excluding tert-OH is 1. The first-order valence-electron chi connectivity index (χ1n) is 6.01. The summed E-state index contributed by atoms with van der Waals surface area (Å²) in [5.41, 5.74) is 0. The number of likely N-dealkylation sites (tertiary alicyclic amines) is 1. The third kappa shape index (κ3) is 2.48. The minimum absolute atomic E-state index is 0.116. The molecule has 2 nitrogen and oxygen atoms in total. The van der Waals surface area contributed by atoms with Crippen molar-refractivity contribution in [3.8, 4) is 0 Å². The number of aliphatic hydroxyl groups is 1. The summed E-state index contributed by atoms with van der Waals surface area (Å²) in [5.74, 6) is 0.725. The third-order valence-electron chi connectivity index (χ3n) is 3.99. The molecule has 4 unspecified atom stereocenters. The summed E-state index contributed by atoms with van der Waals surface area (Å²) in [5, 5.41) is 9.81. The van der Waals surface area contributed by atoms with Crippen LogP contribution in [0.2, 0.25) is 0 Å². The summed E-state index contributed by atoms with van der Waals surface area (Å²) >= 11 is 0. The van der Waals surface area contributed by atoms with Crippen molar-refractivity contribution in [2.45, 2.75) is 65.1 Å². The van der Waals surface area contributed by atoms with Crippen molar-refractivity contribution in [1.82, 2.24) is 4.90 Å². The second-order valence-corrected chi connectivity index (χ2v) is 4.81. The van der Waals surface area contributed by atoms with E-state index in [1.54, 1.807) is 0 Å². The van der Waals surface area contributed by atoms with Gasteiger partial charge < -0.3 is 5.11 Å². The Morgan fingerprint density at radius 1 is 1.43 bits per heavy atom. The van der Waals surface area contributed by atoms with E-state index in [1.807, 2.05) is 0 Å². The molecule has 0 aliphatic carbocycles. The fourth-order valence-electron chi connectivity index (χ4n) is 2.39. The molecule has 0 amide bonds. The molecule has 1 aliphatic rings. The van der Waals surface area contributed by atoms with E-state index < -0.39 is 0 Å². The fraction of sp³-hybridized carbons (Fsp3) is 1.00. The lowest BCUT2D eigenvalue weighted by Gasteiger charge is -2.42. The smallest absolute Gasteiger partial charge is 0.0693 e. The Morgan fingerprint density at radius 3 is 2.64 bits per heavy atom. The molecule has 2 heteroatoms. The second-order valence-electron chi connectivity index (χ2n) is 4.81. The molecule has 0 saturated carbocycles. The topological polar surface area (TPSA) is 23.5 Å². The first kappa shape index (κ1) is 12.0. The van der Waals surface area contributed by atoms with Gasteiger partial charge >= 0.3 is 0 Å². The standard InChI is InChI=1S/C12H25NO/c1-5-9(2)10(3)13-8-6-7-12(14)11(13)4/h9-12,14H,5-8H2,1-4H3. The maximum atomic E-state index is 9.81. The molecule has 1 rings (SSSR count). The predicted molar refractivity (Wildman–Crippen MR) is 60.3 cm³/mol. The Bertz CT molecular complexity index is 172. The quantitative estimate of drug-likeness (QED) is 0.753. The van der Waals surface area contributed by atoms with E-state index in [4.69, 9.17) is 0 Å². The normalized spacial score (nSPS) is 34.1. The van der Waals surface area contributed by atoms with Crippen LogP contribution in [0.1, 0.15) is 47.0 Å².